The summed E-state index contributed by atoms with van der Waals surface area (Å²) in [4.78, 5) is 38.8. The molecule has 2 N–H and O–H groups in total. The summed E-state index contributed by atoms with van der Waals surface area (Å²) in [5.41, 5.74) is 0. The van der Waals surface area contributed by atoms with Crippen molar-refractivity contribution in [1.29, 1.82) is 0 Å². The molecule has 2 aliphatic heterocycles. The molecule has 2 aliphatic rings. The first-order valence-corrected chi connectivity index (χ1v) is 9.24. The van der Waals surface area contributed by atoms with E-state index < -0.39 is 0 Å². The number of aromatic nitrogens is 2. The second-order valence-electron chi connectivity index (χ2n) is 6.84. The highest BCUT2D eigenvalue weighted by molar-refractivity contribution is 5.79. The number of aryl methyl sites for hydroxylation is 1. The quantitative estimate of drug-likeness (QED) is 0.710. The molecule has 3 heterocycles. The Morgan fingerprint density at radius 2 is 2.07 bits per heavy atom. The van der Waals surface area contributed by atoms with Gasteiger partial charge in [-0.1, -0.05) is 0 Å². The van der Waals surface area contributed by atoms with Gasteiger partial charge in [-0.2, -0.15) is 0 Å². The molecule has 0 radical (unpaired) electrons. The van der Waals surface area contributed by atoms with Gasteiger partial charge in [0.05, 0.1) is 12.5 Å². The van der Waals surface area contributed by atoms with E-state index in [0.717, 1.165) is 38.2 Å². The third-order valence-electron chi connectivity index (χ3n) is 5.06. The SMILES string of the molecule is Cc1nccn1CC(=O)N1CCC(CNC(=O)C2CCOC2)CC1.O=CO. The molecule has 0 aromatic carbocycles. The van der Waals surface area contributed by atoms with Gasteiger partial charge in [0.25, 0.3) is 6.47 Å². The van der Waals surface area contributed by atoms with Gasteiger partial charge in [0.2, 0.25) is 11.8 Å². The smallest absolute Gasteiger partial charge is 0.290 e. The molecule has 1 aromatic heterocycles. The van der Waals surface area contributed by atoms with Gasteiger partial charge < -0.3 is 24.6 Å². The average molecular weight is 380 g/mol. The van der Waals surface area contributed by atoms with E-state index in [4.69, 9.17) is 14.6 Å². The Kier molecular flexibility index (Phi) is 8.25. The first kappa shape index (κ1) is 20.9. The van der Waals surface area contributed by atoms with Crippen molar-refractivity contribution < 1.29 is 24.2 Å². The van der Waals surface area contributed by atoms with Crippen molar-refractivity contribution in [3.8, 4) is 0 Å². The van der Waals surface area contributed by atoms with Crippen molar-refractivity contribution in [3.63, 3.8) is 0 Å². The number of carbonyl (C=O) groups is 3. The predicted octanol–water partition coefficient (Wildman–Crippen LogP) is 0.284. The normalized spacial score (nSPS) is 19.9. The number of rotatable bonds is 5. The van der Waals surface area contributed by atoms with E-state index in [-0.39, 0.29) is 24.2 Å². The van der Waals surface area contributed by atoms with Crippen LogP contribution < -0.4 is 5.32 Å². The molecule has 2 fully saturated rings. The topological polar surface area (TPSA) is 114 Å². The number of likely N-dealkylation sites (tertiary alicyclic amines) is 1. The highest BCUT2D eigenvalue weighted by Gasteiger charge is 2.26. The summed E-state index contributed by atoms with van der Waals surface area (Å²) in [7, 11) is 0. The van der Waals surface area contributed by atoms with Crippen LogP contribution in [-0.2, 0) is 25.7 Å². The number of piperidine rings is 1. The molecule has 9 heteroatoms. The van der Waals surface area contributed by atoms with E-state index in [0.29, 0.717) is 32.2 Å². The van der Waals surface area contributed by atoms with Crippen LogP contribution in [0.25, 0.3) is 0 Å². The third kappa shape index (κ3) is 6.35. The molecule has 2 saturated heterocycles. The number of hydrogen-bond acceptors (Lipinski definition) is 5. The number of nitrogens with zero attached hydrogens (tertiary/aromatic N) is 3. The molecule has 1 aromatic rings. The zero-order chi connectivity index (χ0) is 19.6. The molecule has 1 unspecified atom stereocenters. The first-order chi connectivity index (χ1) is 13.0. The summed E-state index contributed by atoms with van der Waals surface area (Å²) in [6.45, 7) is 5.48. The Morgan fingerprint density at radius 1 is 1.37 bits per heavy atom. The molecular weight excluding hydrogens is 352 g/mol. The van der Waals surface area contributed by atoms with Crippen molar-refractivity contribution in [1.82, 2.24) is 19.8 Å². The Hall–Kier alpha value is -2.42. The number of ether oxygens (including phenoxy) is 1. The van der Waals surface area contributed by atoms with E-state index in [2.05, 4.69) is 10.3 Å². The highest BCUT2D eigenvalue weighted by atomic mass is 16.5. The van der Waals surface area contributed by atoms with E-state index in [1.54, 1.807) is 6.20 Å². The lowest BCUT2D eigenvalue weighted by Crippen LogP contribution is -2.43. The number of amides is 2. The summed E-state index contributed by atoms with van der Waals surface area (Å²) in [6, 6.07) is 0. The molecule has 0 saturated carbocycles. The average Bonchev–Trinajstić information content (AvgIpc) is 3.33. The van der Waals surface area contributed by atoms with Gasteiger partial charge in [0.1, 0.15) is 12.4 Å². The van der Waals surface area contributed by atoms with Crippen LogP contribution in [0.2, 0.25) is 0 Å². The standard InChI is InChI=1S/C17H26N4O3.CH2O2/c1-13-18-5-8-21(13)11-16(22)20-6-2-14(3-7-20)10-19-17(23)15-4-9-24-12-15;2-1-3/h5,8,14-15H,2-4,6-7,9-12H2,1H3,(H,19,23);1H,(H,2,3). The molecule has 27 heavy (non-hydrogen) atoms. The van der Waals surface area contributed by atoms with E-state index in [1.807, 2.05) is 22.6 Å². The number of nitrogens with one attached hydrogen (secondary N) is 1. The Balaban J connectivity index is 0.000000817. The Bertz CT molecular complexity index is 619. The number of carboxylic acid groups (broad SMARTS) is 1. The van der Waals surface area contributed by atoms with Crippen LogP contribution in [0.1, 0.15) is 25.1 Å². The lowest BCUT2D eigenvalue weighted by Gasteiger charge is -2.32. The van der Waals surface area contributed by atoms with Crippen LogP contribution in [0.5, 0.6) is 0 Å². The monoisotopic (exact) mass is 380 g/mol. The van der Waals surface area contributed by atoms with Crippen LogP contribution in [0.15, 0.2) is 12.4 Å². The molecular formula is C18H28N4O5. The molecule has 1 atom stereocenters. The number of hydrogen-bond donors (Lipinski definition) is 2. The fourth-order valence-electron chi connectivity index (χ4n) is 3.33. The van der Waals surface area contributed by atoms with Gasteiger partial charge in [0.15, 0.2) is 0 Å². The van der Waals surface area contributed by atoms with Gasteiger partial charge >= 0.3 is 0 Å². The second kappa shape index (κ2) is 10.7. The second-order valence-corrected chi connectivity index (χ2v) is 6.84. The summed E-state index contributed by atoms with van der Waals surface area (Å²) in [5, 5.41) is 9.94. The number of imidazole rings is 1. The van der Waals surface area contributed by atoms with E-state index >= 15 is 0 Å². The number of carbonyl (C=O) groups excluding carboxylic acids is 2. The lowest BCUT2D eigenvalue weighted by molar-refractivity contribution is -0.133. The van der Waals surface area contributed by atoms with Crippen LogP contribution in [-0.4, -0.2) is 70.7 Å². The minimum absolute atomic E-state index is 0.0186. The van der Waals surface area contributed by atoms with Crippen molar-refractivity contribution in [2.75, 3.05) is 32.8 Å². The summed E-state index contributed by atoms with van der Waals surface area (Å²) in [6.07, 6.45) is 6.26. The maximum Gasteiger partial charge on any atom is 0.290 e. The highest BCUT2D eigenvalue weighted by Crippen LogP contribution is 2.18. The Labute approximate surface area is 158 Å². The molecule has 2 amide bonds. The largest absolute Gasteiger partial charge is 0.483 e. The lowest BCUT2D eigenvalue weighted by atomic mass is 9.96. The molecule has 0 spiro atoms. The van der Waals surface area contributed by atoms with Crippen LogP contribution >= 0.6 is 0 Å². The molecule has 0 bridgehead atoms. The van der Waals surface area contributed by atoms with E-state index in [1.165, 1.54) is 0 Å². The van der Waals surface area contributed by atoms with Gasteiger partial charge in [-0.25, -0.2) is 4.98 Å². The summed E-state index contributed by atoms with van der Waals surface area (Å²) in [5.74, 6) is 1.58. The fourth-order valence-corrected chi connectivity index (χ4v) is 3.33. The minimum atomic E-state index is -0.250. The maximum absolute atomic E-state index is 12.4. The fraction of sp³-hybridized carbons (Fsp3) is 0.667. The van der Waals surface area contributed by atoms with Crippen molar-refractivity contribution in [2.24, 2.45) is 11.8 Å². The van der Waals surface area contributed by atoms with Crippen molar-refractivity contribution in [3.05, 3.63) is 18.2 Å². The van der Waals surface area contributed by atoms with Crippen LogP contribution in [0.3, 0.4) is 0 Å². The zero-order valence-electron chi connectivity index (χ0n) is 15.7. The van der Waals surface area contributed by atoms with Crippen molar-refractivity contribution in [2.45, 2.75) is 32.7 Å². The van der Waals surface area contributed by atoms with Gasteiger partial charge in [-0.3, -0.25) is 14.4 Å². The van der Waals surface area contributed by atoms with Crippen LogP contribution in [0.4, 0.5) is 0 Å². The van der Waals surface area contributed by atoms with Gasteiger partial charge in [-0.15, -0.1) is 0 Å². The van der Waals surface area contributed by atoms with Gasteiger partial charge in [-0.05, 0) is 32.1 Å². The maximum atomic E-state index is 12.4. The minimum Gasteiger partial charge on any atom is -0.483 e. The van der Waals surface area contributed by atoms with Crippen LogP contribution in [0, 0.1) is 18.8 Å². The third-order valence-corrected chi connectivity index (χ3v) is 5.06. The molecule has 3 rings (SSSR count). The first-order valence-electron chi connectivity index (χ1n) is 9.24. The molecule has 150 valence electrons. The molecule has 0 aliphatic carbocycles. The summed E-state index contributed by atoms with van der Waals surface area (Å²) >= 11 is 0. The van der Waals surface area contributed by atoms with Gasteiger partial charge in [0, 0.05) is 38.6 Å². The van der Waals surface area contributed by atoms with E-state index in [9.17, 15) is 9.59 Å². The predicted molar refractivity (Wildman–Crippen MR) is 96.9 cm³/mol. The Morgan fingerprint density at radius 3 is 2.63 bits per heavy atom. The summed E-state index contributed by atoms with van der Waals surface area (Å²) < 4.78 is 7.12. The molecule has 9 nitrogen and oxygen atoms in total. The zero-order valence-corrected chi connectivity index (χ0v) is 15.7. The van der Waals surface area contributed by atoms with Crippen molar-refractivity contribution >= 4 is 18.3 Å².